The summed E-state index contributed by atoms with van der Waals surface area (Å²) in [6.45, 7) is 3.10. The highest BCUT2D eigenvalue weighted by Gasteiger charge is 2.30. The Balaban J connectivity index is 1.51. The molecule has 0 bridgehead atoms. The molecule has 0 N–H and O–H groups in total. The molecule has 1 atom stereocenters. The minimum absolute atomic E-state index is 0.0653. The second-order valence-electron chi connectivity index (χ2n) is 6.45. The van der Waals surface area contributed by atoms with Crippen LogP contribution in [0.5, 0.6) is 0 Å². The van der Waals surface area contributed by atoms with Crippen molar-refractivity contribution in [3.05, 3.63) is 56.5 Å². The maximum Gasteiger partial charge on any atom is 0.277 e. The molecule has 0 saturated carbocycles. The summed E-state index contributed by atoms with van der Waals surface area (Å²) < 4.78 is 1.29. The van der Waals surface area contributed by atoms with Gasteiger partial charge in [-0.15, -0.1) is 16.4 Å². The Bertz CT molecular complexity index is 1010. The van der Waals surface area contributed by atoms with Crippen LogP contribution in [0.4, 0.5) is 0 Å². The minimum atomic E-state index is -0.200. The van der Waals surface area contributed by atoms with E-state index in [-0.39, 0.29) is 30.5 Å². The number of amides is 1. The second-order valence-corrected chi connectivity index (χ2v) is 7.45. The van der Waals surface area contributed by atoms with Crippen molar-refractivity contribution in [2.45, 2.75) is 38.8 Å². The maximum absolute atomic E-state index is 12.8. The van der Waals surface area contributed by atoms with Crippen molar-refractivity contribution < 1.29 is 4.79 Å². The highest BCUT2D eigenvalue weighted by Crippen LogP contribution is 2.35. The number of nitrogens with zero attached hydrogens (tertiary/aromatic N) is 4. The van der Waals surface area contributed by atoms with E-state index in [1.54, 1.807) is 29.5 Å². The highest BCUT2D eigenvalue weighted by molar-refractivity contribution is 7.10. The predicted octanol–water partition coefficient (Wildman–Crippen LogP) is 2.78. The van der Waals surface area contributed by atoms with Gasteiger partial charge in [-0.2, -0.15) is 0 Å². The number of hydrogen-bond donors (Lipinski definition) is 0. The molecule has 3 heterocycles. The molecule has 26 heavy (non-hydrogen) atoms. The average Bonchev–Trinajstić information content (AvgIpc) is 3.15. The quantitative estimate of drug-likeness (QED) is 0.710. The number of carbonyl (C=O) groups excluding carboxylic acids is 1. The fourth-order valence-electron chi connectivity index (χ4n) is 3.65. The van der Waals surface area contributed by atoms with Crippen LogP contribution in [0.25, 0.3) is 10.9 Å². The van der Waals surface area contributed by atoms with Crippen molar-refractivity contribution in [1.29, 1.82) is 0 Å². The van der Waals surface area contributed by atoms with Crippen molar-refractivity contribution >= 4 is 28.1 Å². The van der Waals surface area contributed by atoms with E-state index in [4.69, 9.17) is 0 Å². The number of rotatable bonds is 4. The van der Waals surface area contributed by atoms with E-state index in [0.29, 0.717) is 10.9 Å². The van der Waals surface area contributed by atoms with Crippen LogP contribution in [0, 0.1) is 0 Å². The molecule has 1 aliphatic heterocycles. The molecule has 1 unspecified atom stereocenters. The summed E-state index contributed by atoms with van der Waals surface area (Å²) in [5.74, 6) is 0.0653. The molecule has 0 fully saturated rings. The third-order valence-electron chi connectivity index (χ3n) is 4.97. The van der Waals surface area contributed by atoms with Crippen LogP contribution in [0.2, 0.25) is 0 Å². The molecule has 1 aliphatic rings. The van der Waals surface area contributed by atoms with Crippen LogP contribution >= 0.6 is 11.3 Å². The topological polar surface area (TPSA) is 68.1 Å². The molecule has 6 nitrogen and oxygen atoms in total. The van der Waals surface area contributed by atoms with E-state index >= 15 is 0 Å². The summed E-state index contributed by atoms with van der Waals surface area (Å²) in [5, 5.41) is 10.7. The van der Waals surface area contributed by atoms with E-state index in [2.05, 4.69) is 28.7 Å². The lowest BCUT2D eigenvalue weighted by atomic mass is 9.97. The van der Waals surface area contributed by atoms with Crippen LogP contribution in [0.1, 0.15) is 36.2 Å². The first-order chi connectivity index (χ1) is 12.7. The molecule has 0 spiro atoms. The van der Waals surface area contributed by atoms with E-state index in [0.717, 1.165) is 19.4 Å². The van der Waals surface area contributed by atoms with Crippen LogP contribution in [0.15, 0.2) is 40.5 Å². The molecule has 4 rings (SSSR count). The zero-order chi connectivity index (χ0) is 18.1. The van der Waals surface area contributed by atoms with Crippen LogP contribution in [-0.4, -0.2) is 32.3 Å². The van der Waals surface area contributed by atoms with Gasteiger partial charge in [-0.1, -0.05) is 24.3 Å². The van der Waals surface area contributed by atoms with Gasteiger partial charge in [-0.3, -0.25) is 9.59 Å². The van der Waals surface area contributed by atoms with Crippen LogP contribution in [-0.2, 0) is 17.8 Å². The van der Waals surface area contributed by atoms with Crippen molar-refractivity contribution in [2.24, 2.45) is 0 Å². The Morgan fingerprint density at radius 3 is 3.00 bits per heavy atom. The van der Waals surface area contributed by atoms with Gasteiger partial charge >= 0.3 is 0 Å². The summed E-state index contributed by atoms with van der Waals surface area (Å²) in [6, 6.07) is 9.39. The first-order valence-corrected chi connectivity index (χ1v) is 9.75. The van der Waals surface area contributed by atoms with Gasteiger partial charge in [0.15, 0.2) is 0 Å². The van der Waals surface area contributed by atoms with Crippen molar-refractivity contribution in [3.63, 3.8) is 0 Å². The van der Waals surface area contributed by atoms with Gasteiger partial charge in [0.05, 0.1) is 18.0 Å². The molecule has 0 radical (unpaired) electrons. The van der Waals surface area contributed by atoms with Crippen LogP contribution in [0.3, 0.4) is 0 Å². The van der Waals surface area contributed by atoms with Gasteiger partial charge in [0.1, 0.15) is 5.52 Å². The maximum atomic E-state index is 12.8. The van der Waals surface area contributed by atoms with Gasteiger partial charge in [0, 0.05) is 17.8 Å². The second kappa shape index (κ2) is 6.99. The smallest absolute Gasteiger partial charge is 0.277 e. The zero-order valence-corrected chi connectivity index (χ0v) is 15.4. The number of thiophene rings is 1. The Kier molecular flexibility index (Phi) is 4.55. The summed E-state index contributed by atoms with van der Waals surface area (Å²) >= 11 is 1.77. The predicted molar refractivity (Wildman–Crippen MR) is 101 cm³/mol. The number of aryl methyl sites for hydroxylation is 1. The standard InChI is InChI=1S/C19H20N4O2S/c1-2-16-14-9-12-26-17(14)7-10-22(16)18(24)8-11-23-19(25)13-5-3-4-6-15(13)20-21-23/h3-6,9,12,16H,2,7-8,10-11H2,1H3. The Morgan fingerprint density at radius 1 is 1.31 bits per heavy atom. The molecule has 3 aromatic rings. The Morgan fingerprint density at radius 2 is 2.15 bits per heavy atom. The number of fused-ring (bicyclic) bond motifs is 2. The first-order valence-electron chi connectivity index (χ1n) is 8.87. The lowest BCUT2D eigenvalue weighted by Crippen LogP contribution is -2.40. The van der Waals surface area contributed by atoms with E-state index < -0.39 is 0 Å². The third kappa shape index (κ3) is 2.92. The Labute approximate surface area is 155 Å². The van der Waals surface area contributed by atoms with Gasteiger partial charge in [0.25, 0.3) is 5.56 Å². The Hall–Kier alpha value is -2.54. The largest absolute Gasteiger partial charge is 0.335 e. The zero-order valence-electron chi connectivity index (χ0n) is 14.6. The number of aromatic nitrogens is 3. The third-order valence-corrected chi connectivity index (χ3v) is 5.97. The van der Waals surface area contributed by atoms with Gasteiger partial charge < -0.3 is 4.90 Å². The van der Waals surface area contributed by atoms with E-state index in [1.807, 2.05) is 11.0 Å². The monoisotopic (exact) mass is 368 g/mol. The number of hydrogen-bond acceptors (Lipinski definition) is 5. The van der Waals surface area contributed by atoms with Crippen molar-refractivity contribution in [2.75, 3.05) is 6.54 Å². The highest BCUT2D eigenvalue weighted by atomic mass is 32.1. The molecule has 7 heteroatoms. The molecule has 1 amide bonds. The number of carbonyl (C=O) groups is 1. The normalized spacial score (nSPS) is 16.7. The molecular weight excluding hydrogens is 348 g/mol. The number of benzene rings is 1. The molecule has 1 aromatic carbocycles. The first kappa shape index (κ1) is 16.9. The molecule has 2 aromatic heterocycles. The fourth-order valence-corrected chi connectivity index (χ4v) is 4.58. The minimum Gasteiger partial charge on any atom is -0.335 e. The summed E-state index contributed by atoms with van der Waals surface area (Å²) in [6.07, 6.45) is 2.05. The summed E-state index contributed by atoms with van der Waals surface area (Å²) in [5.41, 5.74) is 1.65. The van der Waals surface area contributed by atoms with E-state index in [9.17, 15) is 9.59 Å². The molecule has 0 aliphatic carbocycles. The fraction of sp³-hybridized carbons (Fsp3) is 0.368. The van der Waals surface area contributed by atoms with Crippen LogP contribution < -0.4 is 5.56 Å². The van der Waals surface area contributed by atoms with Crippen molar-refractivity contribution in [1.82, 2.24) is 19.9 Å². The summed E-state index contributed by atoms with van der Waals surface area (Å²) in [7, 11) is 0. The average molecular weight is 368 g/mol. The van der Waals surface area contributed by atoms with Gasteiger partial charge in [-0.25, -0.2) is 4.68 Å². The summed E-state index contributed by atoms with van der Waals surface area (Å²) in [4.78, 5) is 28.7. The van der Waals surface area contributed by atoms with E-state index in [1.165, 1.54) is 15.1 Å². The molecule has 0 saturated heterocycles. The SMILES string of the molecule is CCC1c2ccsc2CCN1C(=O)CCn1nnc2ccccc2c1=O. The lowest BCUT2D eigenvalue weighted by molar-refractivity contribution is -0.134. The van der Waals surface area contributed by atoms with Crippen molar-refractivity contribution in [3.8, 4) is 0 Å². The lowest BCUT2D eigenvalue weighted by Gasteiger charge is -2.35. The molecular formula is C19H20N4O2S. The molecule has 134 valence electrons. The van der Waals surface area contributed by atoms with Gasteiger partial charge in [-0.05, 0) is 42.0 Å². The van der Waals surface area contributed by atoms with Gasteiger partial charge in [0.2, 0.25) is 5.91 Å².